The molecule has 0 aliphatic rings. The maximum atomic E-state index is 11.9. The largest absolute Gasteiger partial charge is 0.457 e. The Morgan fingerprint density at radius 1 is 1.15 bits per heavy atom. The highest BCUT2D eigenvalue weighted by Crippen LogP contribution is 2.18. The Hall–Kier alpha value is -4.21. The average Bonchev–Trinajstić information content (AvgIpc) is 3.14. The summed E-state index contributed by atoms with van der Waals surface area (Å²) in [5, 5.41) is 11.0. The Balaban J connectivity index is 1.87. The van der Waals surface area contributed by atoms with Crippen LogP contribution in [-0.4, -0.2) is 20.9 Å². The topological polar surface area (TPSA) is 148 Å². The van der Waals surface area contributed by atoms with Crippen LogP contribution in [0.25, 0.3) is 12.2 Å². The number of nitro groups is 1. The zero-order valence-electron chi connectivity index (χ0n) is 13.5. The maximum Gasteiger partial charge on any atom is 0.379 e. The first-order chi connectivity index (χ1) is 12.9. The van der Waals surface area contributed by atoms with Crippen molar-refractivity contribution in [3.63, 3.8) is 0 Å². The summed E-state index contributed by atoms with van der Waals surface area (Å²) in [6, 6.07) is 9.26. The maximum absolute atomic E-state index is 11.9. The van der Waals surface area contributed by atoms with E-state index in [0.29, 0.717) is 5.56 Å². The highest BCUT2D eigenvalue weighted by atomic mass is 16.6. The van der Waals surface area contributed by atoms with Crippen molar-refractivity contribution in [1.82, 2.24) is 9.97 Å². The van der Waals surface area contributed by atoms with E-state index in [0.717, 1.165) is 0 Å². The molecule has 3 rings (SSSR count). The van der Waals surface area contributed by atoms with E-state index >= 15 is 0 Å². The smallest absolute Gasteiger partial charge is 0.379 e. The standard InChI is InChI=1S/C17H11N3O7/c21-15-14(20(24)25)12(18-17(23)19-15)7-6-10-3-1-4-11(9-10)27-16(22)13-5-2-8-26-13/h1-9H,(H2,18,19,21,23)/b7-6+. The average molecular weight is 369 g/mol. The molecule has 136 valence electrons. The summed E-state index contributed by atoms with van der Waals surface area (Å²) in [6.07, 6.45) is 3.97. The molecule has 0 aliphatic heterocycles. The van der Waals surface area contributed by atoms with Crippen molar-refractivity contribution in [3.8, 4) is 5.75 Å². The predicted octanol–water partition coefficient (Wildman–Crippen LogP) is 1.95. The van der Waals surface area contributed by atoms with Gasteiger partial charge in [-0.25, -0.2) is 9.59 Å². The number of H-pyrrole nitrogens is 2. The Labute approximate surface area is 149 Å². The fourth-order valence-electron chi connectivity index (χ4n) is 2.21. The number of ether oxygens (including phenoxy) is 1. The third kappa shape index (κ3) is 4.07. The van der Waals surface area contributed by atoms with Crippen LogP contribution in [0.2, 0.25) is 0 Å². The van der Waals surface area contributed by atoms with E-state index in [4.69, 9.17) is 9.15 Å². The molecule has 0 saturated heterocycles. The van der Waals surface area contributed by atoms with Gasteiger partial charge in [0, 0.05) is 0 Å². The molecule has 0 aliphatic carbocycles. The number of rotatable bonds is 5. The van der Waals surface area contributed by atoms with E-state index in [9.17, 15) is 24.5 Å². The second-order valence-electron chi connectivity index (χ2n) is 5.20. The van der Waals surface area contributed by atoms with E-state index in [2.05, 4.69) is 4.98 Å². The number of esters is 1. The minimum atomic E-state index is -1.11. The number of carbonyl (C=O) groups excluding carboxylic acids is 1. The summed E-state index contributed by atoms with van der Waals surface area (Å²) >= 11 is 0. The molecule has 0 unspecified atom stereocenters. The molecule has 2 aromatic heterocycles. The number of aromatic amines is 2. The van der Waals surface area contributed by atoms with Crippen LogP contribution >= 0.6 is 0 Å². The number of furan rings is 1. The monoisotopic (exact) mass is 369 g/mol. The van der Waals surface area contributed by atoms with Gasteiger partial charge in [-0.05, 0) is 35.9 Å². The summed E-state index contributed by atoms with van der Waals surface area (Å²) in [7, 11) is 0. The van der Waals surface area contributed by atoms with Crippen molar-refractivity contribution < 1.29 is 18.9 Å². The van der Waals surface area contributed by atoms with Crippen molar-refractivity contribution in [1.29, 1.82) is 0 Å². The van der Waals surface area contributed by atoms with Crippen molar-refractivity contribution in [2.24, 2.45) is 0 Å². The molecule has 0 saturated carbocycles. The van der Waals surface area contributed by atoms with Gasteiger partial charge in [-0.15, -0.1) is 0 Å². The highest BCUT2D eigenvalue weighted by Gasteiger charge is 2.18. The fourth-order valence-corrected chi connectivity index (χ4v) is 2.21. The first-order valence-corrected chi connectivity index (χ1v) is 7.49. The van der Waals surface area contributed by atoms with Gasteiger partial charge in [-0.2, -0.15) is 0 Å². The van der Waals surface area contributed by atoms with E-state index in [1.54, 1.807) is 23.2 Å². The lowest BCUT2D eigenvalue weighted by Gasteiger charge is -2.03. The number of hydrogen-bond acceptors (Lipinski definition) is 7. The van der Waals surface area contributed by atoms with Gasteiger partial charge in [0.2, 0.25) is 5.76 Å². The second-order valence-corrected chi connectivity index (χ2v) is 5.20. The number of aromatic nitrogens is 2. The highest BCUT2D eigenvalue weighted by molar-refractivity contribution is 5.88. The van der Waals surface area contributed by atoms with Crippen molar-refractivity contribution in [3.05, 3.63) is 90.6 Å². The summed E-state index contributed by atoms with van der Waals surface area (Å²) in [5.41, 5.74) is -2.51. The number of nitrogens with one attached hydrogen (secondary N) is 2. The van der Waals surface area contributed by atoms with Gasteiger partial charge in [0.1, 0.15) is 11.4 Å². The van der Waals surface area contributed by atoms with Gasteiger partial charge < -0.3 is 14.1 Å². The van der Waals surface area contributed by atoms with Gasteiger partial charge in [0.05, 0.1) is 11.2 Å². The molecule has 27 heavy (non-hydrogen) atoms. The van der Waals surface area contributed by atoms with Gasteiger partial charge >= 0.3 is 22.9 Å². The Kier molecular flexibility index (Phi) is 4.79. The van der Waals surface area contributed by atoms with Crippen LogP contribution in [0.4, 0.5) is 5.69 Å². The molecular weight excluding hydrogens is 358 g/mol. The zero-order chi connectivity index (χ0) is 19.4. The first kappa shape index (κ1) is 17.6. The van der Waals surface area contributed by atoms with Crippen LogP contribution in [0.5, 0.6) is 5.75 Å². The third-order valence-electron chi connectivity index (χ3n) is 3.36. The minimum absolute atomic E-state index is 0.0349. The normalized spacial score (nSPS) is 10.8. The minimum Gasteiger partial charge on any atom is -0.457 e. The summed E-state index contributed by atoms with van der Waals surface area (Å²) < 4.78 is 10.1. The van der Waals surface area contributed by atoms with E-state index in [1.165, 1.54) is 36.6 Å². The number of benzene rings is 1. The molecule has 0 radical (unpaired) electrons. The van der Waals surface area contributed by atoms with Crippen LogP contribution < -0.4 is 16.0 Å². The molecule has 10 nitrogen and oxygen atoms in total. The molecule has 3 aromatic rings. The molecule has 0 bridgehead atoms. The molecule has 2 N–H and O–H groups in total. The second kappa shape index (κ2) is 7.35. The Bertz CT molecular complexity index is 1140. The Morgan fingerprint density at radius 3 is 2.67 bits per heavy atom. The predicted molar refractivity (Wildman–Crippen MR) is 93.4 cm³/mol. The molecular formula is C17H11N3O7. The molecule has 2 heterocycles. The van der Waals surface area contributed by atoms with Crippen LogP contribution in [0.15, 0.2) is 56.7 Å². The molecule has 10 heteroatoms. The van der Waals surface area contributed by atoms with Gasteiger partial charge in [-0.3, -0.25) is 19.9 Å². The van der Waals surface area contributed by atoms with E-state index in [1.807, 2.05) is 0 Å². The number of carbonyl (C=O) groups is 1. The molecule has 1 aromatic carbocycles. The van der Waals surface area contributed by atoms with E-state index < -0.39 is 27.8 Å². The van der Waals surface area contributed by atoms with Crippen LogP contribution in [0.1, 0.15) is 21.8 Å². The molecule has 0 fully saturated rings. The summed E-state index contributed by atoms with van der Waals surface area (Å²) in [6.45, 7) is 0. The van der Waals surface area contributed by atoms with Gasteiger partial charge in [0.15, 0.2) is 0 Å². The number of hydrogen-bond donors (Lipinski definition) is 2. The molecule has 0 atom stereocenters. The van der Waals surface area contributed by atoms with Gasteiger partial charge in [-0.1, -0.05) is 18.2 Å². The lowest BCUT2D eigenvalue weighted by molar-refractivity contribution is -0.386. The summed E-state index contributed by atoms with van der Waals surface area (Å²) in [4.78, 5) is 48.9. The molecule has 0 spiro atoms. The third-order valence-corrected chi connectivity index (χ3v) is 3.36. The van der Waals surface area contributed by atoms with Gasteiger partial charge in [0.25, 0.3) is 0 Å². The van der Waals surface area contributed by atoms with Crippen molar-refractivity contribution in [2.75, 3.05) is 0 Å². The Morgan fingerprint density at radius 2 is 1.96 bits per heavy atom. The van der Waals surface area contributed by atoms with Crippen LogP contribution in [-0.2, 0) is 0 Å². The quantitative estimate of drug-likeness (QED) is 0.302. The van der Waals surface area contributed by atoms with Crippen molar-refractivity contribution in [2.45, 2.75) is 0 Å². The van der Waals surface area contributed by atoms with Crippen LogP contribution in [0.3, 0.4) is 0 Å². The summed E-state index contributed by atoms with van der Waals surface area (Å²) in [5.74, 6) is -0.434. The van der Waals surface area contributed by atoms with Crippen molar-refractivity contribution >= 4 is 23.8 Å². The number of nitrogens with zero attached hydrogens (tertiary/aromatic N) is 1. The zero-order valence-corrected chi connectivity index (χ0v) is 13.5. The lowest BCUT2D eigenvalue weighted by Crippen LogP contribution is -2.25. The first-order valence-electron chi connectivity index (χ1n) is 7.49. The SMILES string of the molecule is O=C(Oc1cccc(/C=C/c2[nH]c(=O)[nH]c(=O)c2[N+](=O)[O-])c1)c1ccco1. The van der Waals surface area contributed by atoms with E-state index in [-0.39, 0.29) is 17.2 Å². The molecule has 0 amide bonds. The van der Waals surface area contributed by atoms with Crippen LogP contribution in [0, 0.1) is 10.1 Å². The lowest BCUT2D eigenvalue weighted by atomic mass is 10.2. The fraction of sp³-hybridized carbons (Fsp3) is 0.